The van der Waals surface area contributed by atoms with Gasteiger partial charge in [0.1, 0.15) is 29.7 Å². The molecule has 0 saturated heterocycles. The highest BCUT2D eigenvalue weighted by atomic mass is 19.1. The van der Waals surface area contributed by atoms with Gasteiger partial charge in [-0.3, -0.25) is 4.79 Å². The van der Waals surface area contributed by atoms with Crippen molar-refractivity contribution in [3.05, 3.63) is 77.1 Å². The van der Waals surface area contributed by atoms with Gasteiger partial charge in [0.05, 0.1) is 12.6 Å². The van der Waals surface area contributed by atoms with E-state index in [2.05, 4.69) is 32.2 Å². The van der Waals surface area contributed by atoms with E-state index in [1.165, 1.54) is 12.1 Å². The molecule has 3 aromatic rings. The van der Waals surface area contributed by atoms with Crippen molar-refractivity contribution in [3.8, 4) is 28.4 Å². The smallest absolute Gasteiger partial charge is 0.310 e. The molecule has 0 fully saturated rings. The number of nitrogens with one attached hydrogen (secondary N) is 1. The second kappa shape index (κ2) is 10.1. The first-order valence-corrected chi connectivity index (χ1v) is 12.0. The lowest BCUT2D eigenvalue weighted by Gasteiger charge is -2.33. The number of halogens is 1. The fraction of sp³-hybridized carbons (Fsp3) is 0.300. The number of methoxy groups -OCH3 is 1. The lowest BCUT2D eigenvalue weighted by atomic mass is 9.85. The molecule has 3 aromatic carbocycles. The van der Waals surface area contributed by atoms with Gasteiger partial charge in [-0.25, -0.2) is 4.39 Å². The summed E-state index contributed by atoms with van der Waals surface area (Å²) in [5, 5.41) is 3.59. The number of anilines is 1. The Kier molecular flexibility index (Phi) is 7.07. The predicted octanol–water partition coefficient (Wildman–Crippen LogP) is 7.31. The first kappa shape index (κ1) is 25.3. The van der Waals surface area contributed by atoms with Gasteiger partial charge in [0, 0.05) is 34.9 Å². The maximum Gasteiger partial charge on any atom is 0.310 e. The molecule has 0 aliphatic carbocycles. The highest BCUT2D eigenvalue weighted by Crippen LogP contribution is 2.43. The van der Waals surface area contributed by atoms with Crippen molar-refractivity contribution in [2.45, 2.75) is 53.2 Å². The summed E-state index contributed by atoms with van der Waals surface area (Å²) in [7, 11) is 1.61. The second-order valence-electron chi connectivity index (χ2n) is 9.58. The molecule has 5 nitrogen and oxygen atoms in total. The van der Waals surface area contributed by atoms with Gasteiger partial charge in [0.15, 0.2) is 0 Å². The van der Waals surface area contributed by atoms with Crippen LogP contribution >= 0.6 is 0 Å². The molecule has 0 unspecified atom stereocenters. The van der Waals surface area contributed by atoms with Crippen LogP contribution in [0.1, 0.15) is 50.8 Å². The molecule has 1 N–H and O–H groups in total. The van der Waals surface area contributed by atoms with Crippen LogP contribution in [0.4, 0.5) is 10.1 Å². The third kappa shape index (κ3) is 5.23. The van der Waals surface area contributed by atoms with E-state index in [9.17, 15) is 9.18 Å². The minimum Gasteiger partial charge on any atom is -0.496 e. The van der Waals surface area contributed by atoms with E-state index in [0.29, 0.717) is 17.2 Å². The van der Waals surface area contributed by atoms with Crippen LogP contribution in [0, 0.1) is 12.7 Å². The number of carbonyl (C=O) groups excluding carboxylic acids is 1. The minimum atomic E-state index is -0.350. The van der Waals surface area contributed by atoms with E-state index in [-0.39, 0.29) is 30.4 Å². The number of ether oxygens (including phenoxy) is 3. The van der Waals surface area contributed by atoms with E-state index in [4.69, 9.17) is 14.2 Å². The summed E-state index contributed by atoms with van der Waals surface area (Å²) in [5.41, 5.74) is 6.34. The van der Waals surface area contributed by atoms with Crippen LogP contribution in [0.25, 0.3) is 16.7 Å². The van der Waals surface area contributed by atoms with E-state index in [1.807, 2.05) is 25.1 Å². The number of fused-ring (bicyclic) bond motifs is 1. The molecule has 0 bridgehead atoms. The molecule has 36 heavy (non-hydrogen) atoms. The van der Waals surface area contributed by atoms with Crippen LogP contribution in [0.2, 0.25) is 0 Å². The van der Waals surface area contributed by atoms with Crippen LogP contribution in [0.15, 0.2) is 54.6 Å². The summed E-state index contributed by atoms with van der Waals surface area (Å²) in [6, 6.07) is 13.9. The zero-order valence-electron chi connectivity index (χ0n) is 21.6. The van der Waals surface area contributed by atoms with Gasteiger partial charge < -0.3 is 19.5 Å². The molecule has 6 heteroatoms. The zero-order chi connectivity index (χ0) is 26.0. The van der Waals surface area contributed by atoms with E-state index < -0.39 is 0 Å². The number of aryl methyl sites for hydroxylation is 1. The number of esters is 1. The lowest BCUT2D eigenvalue weighted by molar-refractivity contribution is -0.134. The molecule has 188 valence electrons. The first-order chi connectivity index (χ1) is 17.1. The summed E-state index contributed by atoms with van der Waals surface area (Å²) in [6.07, 6.45) is 2.46. The van der Waals surface area contributed by atoms with Crippen molar-refractivity contribution >= 4 is 17.2 Å². The molecule has 0 saturated carbocycles. The SMILES string of the molecule is CCC(=O)Oc1ccc(OC)c(-c2ccc3c(c2COc2cc(F)ccc2C)C(C)=CC(C)(C)N3)c1. The zero-order valence-corrected chi connectivity index (χ0v) is 21.6. The molecule has 1 heterocycles. The molecule has 0 radical (unpaired) electrons. The minimum absolute atomic E-state index is 0.207. The van der Waals surface area contributed by atoms with Crippen LogP contribution in [0.5, 0.6) is 17.2 Å². The summed E-state index contributed by atoms with van der Waals surface area (Å²) in [6.45, 7) is 10.2. The van der Waals surface area contributed by atoms with Crippen molar-refractivity contribution in [1.82, 2.24) is 0 Å². The maximum atomic E-state index is 14.0. The number of rotatable bonds is 7. The van der Waals surface area contributed by atoms with Gasteiger partial charge >= 0.3 is 5.97 Å². The second-order valence-corrected chi connectivity index (χ2v) is 9.58. The third-order valence-corrected chi connectivity index (χ3v) is 6.25. The van der Waals surface area contributed by atoms with Crippen molar-refractivity contribution in [1.29, 1.82) is 0 Å². The fourth-order valence-electron chi connectivity index (χ4n) is 4.65. The van der Waals surface area contributed by atoms with Gasteiger partial charge in [-0.1, -0.05) is 25.1 Å². The molecule has 0 spiro atoms. The monoisotopic (exact) mass is 489 g/mol. The Labute approximate surface area is 211 Å². The first-order valence-electron chi connectivity index (χ1n) is 12.0. The number of hydrogen-bond acceptors (Lipinski definition) is 5. The van der Waals surface area contributed by atoms with E-state index >= 15 is 0 Å². The van der Waals surface area contributed by atoms with Crippen LogP contribution < -0.4 is 19.5 Å². The Morgan fingerprint density at radius 2 is 1.78 bits per heavy atom. The number of hydrogen-bond donors (Lipinski definition) is 1. The predicted molar refractivity (Wildman–Crippen MR) is 141 cm³/mol. The molecule has 4 rings (SSSR count). The standard InChI is InChI=1S/C30H32FNO4/c1-7-28(33)36-21-10-13-26(34-6)23(15-21)22-11-12-25-29(19(3)16-30(4,5)32-25)24(22)17-35-27-14-20(31)9-8-18(27)2/h8-16,32H,7,17H2,1-6H3. The fourth-order valence-corrected chi connectivity index (χ4v) is 4.65. The highest BCUT2D eigenvalue weighted by Gasteiger charge is 2.27. The Hall–Kier alpha value is -3.80. The molecule has 0 atom stereocenters. The number of carbonyl (C=O) groups is 1. The maximum absolute atomic E-state index is 14.0. The normalized spacial score (nSPS) is 13.8. The Bertz CT molecular complexity index is 1340. The quantitative estimate of drug-likeness (QED) is 0.278. The number of allylic oxidation sites excluding steroid dienone is 1. The Morgan fingerprint density at radius 1 is 1.00 bits per heavy atom. The summed E-state index contributed by atoms with van der Waals surface area (Å²) < 4.78 is 31.3. The van der Waals surface area contributed by atoms with Gasteiger partial charge in [0.2, 0.25) is 0 Å². The van der Waals surface area contributed by atoms with Crippen LogP contribution in [-0.4, -0.2) is 18.6 Å². The van der Waals surface area contributed by atoms with Crippen LogP contribution in [-0.2, 0) is 11.4 Å². The summed E-state index contributed by atoms with van der Waals surface area (Å²) in [4.78, 5) is 11.9. The van der Waals surface area contributed by atoms with Gasteiger partial charge in [-0.15, -0.1) is 0 Å². The molecule has 1 aliphatic heterocycles. The molecular weight excluding hydrogens is 457 g/mol. The summed E-state index contributed by atoms with van der Waals surface area (Å²) >= 11 is 0. The van der Waals surface area contributed by atoms with Gasteiger partial charge in [0.25, 0.3) is 0 Å². The van der Waals surface area contributed by atoms with Crippen molar-refractivity contribution in [2.75, 3.05) is 12.4 Å². The van der Waals surface area contributed by atoms with Crippen molar-refractivity contribution < 1.29 is 23.4 Å². The highest BCUT2D eigenvalue weighted by molar-refractivity contribution is 5.89. The average Bonchev–Trinajstić information content (AvgIpc) is 2.83. The molecule has 0 amide bonds. The number of benzene rings is 3. The Balaban J connectivity index is 1.88. The molecular formula is C30H32FNO4. The van der Waals surface area contributed by atoms with E-state index in [1.54, 1.807) is 32.2 Å². The van der Waals surface area contributed by atoms with Crippen molar-refractivity contribution in [2.24, 2.45) is 0 Å². The van der Waals surface area contributed by atoms with Gasteiger partial charge in [-0.05, 0) is 74.7 Å². The third-order valence-electron chi connectivity index (χ3n) is 6.25. The molecule has 0 aromatic heterocycles. The van der Waals surface area contributed by atoms with Gasteiger partial charge in [-0.2, -0.15) is 0 Å². The summed E-state index contributed by atoms with van der Waals surface area (Å²) in [5.74, 6) is 0.904. The Morgan fingerprint density at radius 3 is 2.50 bits per heavy atom. The van der Waals surface area contributed by atoms with Crippen molar-refractivity contribution in [3.63, 3.8) is 0 Å². The average molecular weight is 490 g/mol. The largest absolute Gasteiger partial charge is 0.496 e. The van der Waals surface area contributed by atoms with E-state index in [0.717, 1.165) is 39.1 Å². The topological polar surface area (TPSA) is 56.8 Å². The van der Waals surface area contributed by atoms with Crippen LogP contribution in [0.3, 0.4) is 0 Å². The molecule has 1 aliphatic rings. The lowest BCUT2D eigenvalue weighted by Crippen LogP contribution is -2.32.